The number of hydrogen-bond donors (Lipinski definition) is 1. The molecule has 0 saturated carbocycles. The van der Waals surface area contributed by atoms with Crippen molar-refractivity contribution in [2.24, 2.45) is 0 Å². The number of halogens is 3. The van der Waals surface area contributed by atoms with Crippen molar-refractivity contribution in [1.29, 1.82) is 0 Å². The molecule has 2 aromatic carbocycles. The molecule has 1 N–H and O–H groups in total. The van der Waals surface area contributed by atoms with Crippen LogP contribution in [0.5, 0.6) is 5.75 Å². The Morgan fingerprint density at radius 3 is 2.39 bits per heavy atom. The summed E-state index contributed by atoms with van der Waals surface area (Å²) in [7, 11) is 0. The lowest BCUT2D eigenvalue weighted by Crippen LogP contribution is -2.49. The fraction of sp³-hybridized carbons (Fsp3) is 0.429. The molecule has 1 heterocycles. The van der Waals surface area contributed by atoms with Crippen LogP contribution in [0.25, 0.3) is 0 Å². The smallest absolute Gasteiger partial charge is 0.122 e. The zero-order chi connectivity index (χ0) is 18.5. The second kappa shape index (κ2) is 11.7. The Labute approximate surface area is 185 Å². The van der Waals surface area contributed by atoms with Gasteiger partial charge in [-0.15, -0.1) is 24.8 Å². The standard InChI is InChI=1S/C21H27ClN2O2.2ClH/c1-16-6-7-21(17(2)12-16)26-15-20(25)14-23-8-10-24(11-9-23)19-5-3-4-18(22)13-19;;/h3-7,12-13,20,25H,8-11,14-15H2,1-2H3;2*1H. The molecule has 0 spiro atoms. The molecule has 0 aromatic heterocycles. The predicted molar refractivity (Wildman–Crippen MR) is 122 cm³/mol. The van der Waals surface area contributed by atoms with Crippen molar-refractivity contribution >= 4 is 42.1 Å². The number of rotatable bonds is 6. The molecule has 0 bridgehead atoms. The zero-order valence-electron chi connectivity index (χ0n) is 16.3. The van der Waals surface area contributed by atoms with E-state index in [1.54, 1.807) is 0 Å². The molecule has 28 heavy (non-hydrogen) atoms. The molecule has 1 aliphatic heterocycles. The van der Waals surface area contributed by atoms with Gasteiger partial charge in [-0.1, -0.05) is 35.4 Å². The minimum Gasteiger partial charge on any atom is -0.491 e. The van der Waals surface area contributed by atoms with Crippen molar-refractivity contribution in [1.82, 2.24) is 4.90 Å². The Bertz CT molecular complexity index is 737. The van der Waals surface area contributed by atoms with Crippen LogP contribution in [0.15, 0.2) is 42.5 Å². The van der Waals surface area contributed by atoms with Crippen LogP contribution in [0, 0.1) is 13.8 Å². The SMILES string of the molecule is Cc1ccc(OCC(O)CN2CCN(c3cccc(Cl)c3)CC2)c(C)c1.Cl.Cl. The summed E-state index contributed by atoms with van der Waals surface area (Å²) < 4.78 is 5.80. The van der Waals surface area contributed by atoms with Gasteiger partial charge in [-0.25, -0.2) is 0 Å². The average molecular weight is 448 g/mol. The predicted octanol–water partition coefficient (Wildman–Crippen LogP) is 4.36. The molecule has 7 heteroatoms. The number of nitrogens with zero attached hydrogens (tertiary/aromatic N) is 2. The van der Waals surface area contributed by atoms with E-state index < -0.39 is 6.10 Å². The van der Waals surface area contributed by atoms with Crippen molar-refractivity contribution < 1.29 is 9.84 Å². The quantitative estimate of drug-likeness (QED) is 0.713. The van der Waals surface area contributed by atoms with Gasteiger partial charge in [-0.3, -0.25) is 4.90 Å². The van der Waals surface area contributed by atoms with Crippen LogP contribution < -0.4 is 9.64 Å². The number of aryl methyl sites for hydroxylation is 2. The number of ether oxygens (including phenoxy) is 1. The maximum Gasteiger partial charge on any atom is 0.122 e. The highest BCUT2D eigenvalue weighted by Gasteiger charge is 2.20. The van der Waals surface area contributed by atoms with Crippen LogP contribution in [0.4, 0.5) is 5.69 Å². The van der Waals surface area contributed by atoms with Gasteiger partial charge in [0.05, 0.1) is 0 Å². The highest BCUT2D eigenvalue weighted by atomic mass is 35.5. The van der Waals surface area contributed by atoms with E-state index >= 15 is 0 Å². The Balaban J connectivity index is 0.00000196. The average Bonchev–Trinajstić information content (AvgIpc) is 2.61. The van der Waals surface area contributed by atoms with Crippen LogP contribution in [-0.4, -0.2) is 55.4 Å². The van der Waals surface area contributed by atoms with Crippen LogP contribution in [0.2, 0.25) is 5.02 Å². The van der Waals surface area contributed by atoms with Crippen LogP contribution >= 0.6 is 36.4 Å². The van der Waals surface area contributed by atoms with Crippen molar-refractivity contribution in [3.8, 4) is 5.75 Å². The lowest BCUT2D eigenvalue weighted by molar-refractivity contribution is 0.0661. The summed E-state index contributed by atoms with van der Waals surface area (Å²) in [6.45, 7) is 8.77. The first-order valence-electron chi connectivity index (χ1n) is 9.12. The minimum atomic E-state index is -0.492. The van der Waals surface area contributed by atoms with E-state index in [1.165, 1.54) is 5.56 Å². The van der Waals surface area contributed by atoms with Gasteiger partial charge in [0.25, 0.3) is 0 Å². The normalized spacial score (nSPS) is 15.4. The first-order valence-corrected chi connectivity index (χ1v) is 9.50. The Morgan fingerprint density at radius 1 is 1.04 bits per heavy atom. The molecule has 1 unspecified atom stereocenters. The lowest BCUT2D eigenvalue weighted by atomic mass is 10.1. The summed E-state index contributed by atoms with van der Waals surface area (Å²) in [5.74, 6) is 0.848. The van der Waals surface area contributed by atoms with Gasteiger partial charge < -0.3 is 14.7 Å². The number of benzene rings is 2. The number of aliphatic hydroxyl groups excluding tert-OH is 1. The fourth-order valence-electron chi connectivity index (χ4n) is 3.36. The molecular weight excluding hydrogens is 419 g/mol. The largest absolute Gasteiger partial charge is 0.491 e. The molecule has 4 nitrogen and oxygen atoms in total. The summed E-state index contributed by atoms with van der Waals surface area (Å²) >= 11 is 6.08. The summed E-state index contributed by atoms with van der Waals surface area (Å²) in [5.41, 5.74) is 3.48. The molecule has 1 aliphatic rings. The molecule has 1 fully saturated rings. The van der Waals surface area contributed by atoms with Crippen LogP contribution in [-0.2, 0) is 0 Å². The molecule has 0 aliphatic carbocycles. The zero-order valence-corrected chi connectivity index (χ0v) is 18.7. The third-order valence-electron chi connectivity index (χ3n) is 4.78. The van der Waals surface area contributed by atoms with Gasteiger partial charge >= 0.3 is 0 Å². The molecule has 156 valence electrons. The number of anilines is 1. The van der Waals surface area contributed by atoms with Gasteiger partial charge in [0.15, 0.2) is 0 Å². The number of piperazine rings is 1. The lowest BCUT2D eigenvalue weighted by Gasteiger charge is -2.36. The van der Waals surface area contributed by atoms with Gasteiger partial charge in [0.2, 0.25) is 0 Å². The van der Waals surface area contributed by atoms with Crippen molar-refractivity contribution in [3.63, 3.8) is 0 Å². The van der Waals surface area contributed by atoms with Crippen LogP contribution in [0.1, 0.15) is 11.1 Å². The van der Waals surface area contributed by atoms with E-state index in [-0.39, 0.29) is 24.8 Å². The molecule has 1 saturated heterocycles. The molecule has 0 radical (unpaired) electrons. The van der Waals surface area contributed by atoms with E-state index in [0.29, 0.717) is 13.2 Å². The first-order chi connectivity index (χ1) is 12.5. The summed E-state index contributed by atoms with van der Waals surface area (Å²) in [5, 5.41) is 11.1. The van der Waals surface area contributed by atoms with E-state index in [1.807, 2.05) is 37.3 Å². The van der Waals surface area contributed by atoms with Gasteiger partial charge in [0.1, 0.15) is 18.5 Å². The topological polar surface area (TPSA) is 35.9 Å². The molecule has 2 aromatic rings. The Hall–Kier alpha value is -1.17. The maximum atomic E-state index is 10.3. The fourth-order valence-corrected chi connectivity index (χ4v) is 3.54. The Morgan fingerprint density at radius 2 is 1.75 bits per heavy atom. The monoisotopic (exact) mass is 446 g/mol. The maximum absolute atomic E-state index is 10.3. The van der Waals surface area contributed by atoms with E-state index in [9.17, 15) is 5.11 Å². The third kappa shape index (κ3) is 7.02. The minimum absolute atomic E-state index is 0. The van der Waals surface area contributed by atoms with E-state index in [4.69, 9.17) is 16.3 Å². The van der Waals surface area contributed by atoms with Gasteiger partial charge in [-0.2, -0.15) is 0 Å². The molecule has 3 rings (SSSR count). The summed E-state index contributed by atoms with van der Waals surface area (Å²) in [4.78, 5) is 4.62. The van der Waals surface area contributed by atoms with E-state index in [2.05, 4.69) is 28.9 Å². The van der Waals surface area contributed by atoms with Crippen molar-refractivity contribution in [3.05, 3.63) is 58.6 Å². The van der Waals surface area contributed by atoms with Gasteiger partial charge in [0, 0.05) is 43.4 Å². The molecule has 0 amide bonds. The third-order valence-corrected chi connectivity index (χ3v) is 5.01. The van der Waals surface area contributed by atoms with Crippen molar-refractivity contribution in [2.75, 3.05) is 44.2 Å². The highest BCUT2D eigenvalue weighted by Crippen LogP contribution is 2.21. The summed E-state index contributed by atoms with van der Waals surface area (Å²) in [6.07, 6.45) is -0.492. The second-order valence-corrected chi connectivity index (χ2v) is 7.44. The highest BCUT2D eigenvalue weighted by molar-refractivity contribution is 6.30. The number of hydrogen-bond acceptors (Lipinski definition) is 4. The van der Waals surface area contributed by atoms with Crippen LogP contribution in [0.3, 0.4) is 0 Å². The molecule has 1 atom stereocenters. The number of β-amino-alcohol motifs (C(OH)–C–C–N with tert-alkyl or cyclic N) is 1. The summed E-state index contributed by atoms with van der Waals surface area (Å²) in [6, 6.07) is 14.1. The van der Waals surface area contributed by atoms with Crippen molar-refractivity contribution in [2.45, 2.75) is 20.0 Å². The first kappa shape index (κ1) is 24.9. The Kier molecular flexibility index (Phi) is 10.4. The molecular formula is C21H29Cl3N2O2. The second-order valence-electron chi connectivity index (χ2n) is 7.00. The van der Waals surface area contributed by atoms with Gasteiger partial charge in [-0.05, 0) is 43.7 Å². The number of aliphatic hydroxyl groups is 1. The van der Waals surface area contributed by atoms with E-state index in [0.717, 1.165) is 48.2 Å².